The first kappa shape index (κ1) is 17.5. The summed E-state index contributed by atoms with van der Waals surface area (Å²) in [5.41, 5.74) is 4.14. The zero-order valence-corrected chi connectivity index (χ0v) is 13.9. The number of nitrogens with zero attached hydrogens (tertiary/aromatic N) is 2. The second-order valence-electron chi connectivity index (χ2n) is 7.21. The van der Waals surface area contributed by atoms with Crippen LogP contribution in [0.15, 0.2) is 24.4 Å². The lowest BCUT2D eigenvalue weighted by atomic mass is 9.92. The van der Waals surface area contributed by atoms with Crippen molar-refractivity contribution in [1.82, 2.24) is 9.55 Å². The number of benzene rings is 1. The number of nitrogens with two attached hydrogens (primary N) is 1. The Kier molecular flexibility index (Phi) is 3.87. The lowest BCUT2D eigenvalue weighted by Crippen LogP contribution is -2.32. The molecule has 1 aliphatic carbocycles. The van der Waals surface area contributed by atoms with E-state index in [1.54, 1.807) is 0 Å². The Bertz CT molecular complexity index is 818. The fourth-order valence-corrected chi connectivity index (χ4v) is 4.03. The van der Waals surface area contributed by atoms with E-state index in [-0.39, 0.29) is 30.6 Å². The van der Waals surface area contributed by atoms with Gasteiger partial charge in [0.05, 0.1) is 11.7 Å². The van der Waals surface area contributed by atoms with E-state index in [4.69, 9.17) is 5.73 Å². The highest BCUT2D eigenvalue weighted by molar-refractivity contribution is 5.31. The minimum absolute atomic E-state index is 0.00437. The number of alkyl halides is 3. The molecule has 2 aliphatic rings. The Morgan fingerprint density at radius 2 is 1.77 bits per heavy atom. The first-order valence-corrected chi connectivity index (χ1v) is 8.57. The second kappa shape index (κ2) is 5.77. The Balaban J connectivity index is 1.79. The fraction of sp³-hybridized carbons (Fsp3) is 0.500. The normalized spacial score (nSPS) is 24.8. The standard InChI is InChI=1S/C18H18F5N3/c19-11-2-1-3-12(20)15(11)10-4-5-13(24)16-25-8-14(26(16)9-10)17(6-7-17)18(21,22)23/h1-3,8,10,13H,4-7,9,24H2/t10-,13-/m1/s1. The summed E-state index contributed by atoms with van der Waals surface area (Å²) in [6, 6.07) is 3.04. The van der Waals surface area contributed by atoms with Crippen LogP contribution in [0.5, 0.6) is 0 Å². The molecule has 1 aromatic carbocycles. The lowest BCUT2D eigenvalue weighted by Gasteiger charge is -2.24. The molecule has 1 aliphatic heterocycles. The van der Waals surface area contributed by atoms with E-state index in [0.29, 0.717) is 18.7 Å². The highest BCUT2D eigenvalue weighted by Gasteiger charge is 2.66. The molecule has 0 bridgehead atoms. The summed E-state index contributed by atoms with van der Waals surface area (Å²) in [4.78, 5) is 4.14. The molecule has 2 N–H and O–H groups in total. The molecule has 0 spiro atoms. The second-order valence-corrected chi connectivity index (χ2v) is 7.21. The van der Waals surface area contributed by atoms with Crippen LogP contribution in [-0.2, 0) is 12.0 Å². The molecule has 0 unspecified atom stereocenters. The van der Waals surface area contributed by atoms with Crippen LogP contribution in [-0.4, -0.2) is 15.7 Å². The van der Waals surface area contributed by atoms with Gasteiger partial charge >= 0.3 is 6.18 Å². The van der Waals surface area contributed by atoms with Gasteiger partial charge in [0.15, 0.2) is 0 Å². The van der Waals surface area contributed by atoms with Crippen molar-refractivity contribution < 1.29 is 22.0 Å². The molecule has 2 atom stereocenters. The van der Waals surface area contributed by atoms with Gasteiger partial charge in [0.1, 0.15) is 22.9 Å². The molecule has 1 aromatic heterocycles. The minimum atomic E-state index is -4.39. The van der Waals surface area contributed by atoms with Crippen molar-refractivity contribution in [2.75, 3.05) is 0 Å². The Labute approximate surface area is 147 Å². The first-order chi connectivity index (χ1) is 12.2. The van der Waals surface area contributed by atoms with Crippen molar-refractivity contribution in [2.45, 2.75) is 55.8 Å². The van der Waals surface area contributed by atoms with Gasteiger partial charge in [-0.05, 0) is 37.8 Å². The van der Waals surface area contributed by atoms with E-state index >= 15 is 0 Å². The third-order valence-corrected chi connectivity index (χ3v) is 5.64. The molecule has 2 heterocycles. The van der Waals surface area contributed by atoms with Crippen LogP contribution >= 0.6 is 0 Å². The number of hydrogen-bond donors (Lipinski definition) is 1. The van der Waals surface area contributed by atoms with Crippen LogP contribution in [0.2, 0.25) is 0 Å². The number of rotatable bonds is 2. The molecule has 1 saturated carbocycles. The van der Waals surface area contributed by atoms with E-state index in [0.717, 1.165) is 12.1 Å². The van der Waals surface area contributed by atoms with Crippen LogP contribution in [0.4, 0.5) is 22.0 Å². The summed E-state index contributed by atoms with van der Waals surface area (Å²) in [6.45, 7) is 0.0358. The number of aromatic nitrogens is 2. The largest absolute Gasteiger partial charge is 0.399 e. The third-order valence-electron chi connectivity index (χ3n) is 5.64. The third kappa shape index (κ3) is 2.53. The number of halogens is 5. The average molecular weight is 371 g/mol. The van der Waals surface area contributed by atoms with Gasteiger partial charge in [0.2, 0.25) is 0 Å². The highest BCUT2D eigenvalue weighted by atomic mass is 19.4. The minimum Gasteiger partial charge on any atom is -0.329 e. The molecule has 0 saturated heterocycles. The van der Waals surface area contributed by atoms with Crippen LogP contribution in [0.1, 0.15) is 54.7 Å². The summed E-state index contributed by atoms with van der Waals surface area (Å²) in [5, 5.41) is 0. The molecule has 1 fully saturated rings. The number of fused-ring (bicyclic) bond motifs is 1. The predicted octanol–water partition coefficient (Wildman–Crippen LogP) is 4.33. The molecule has 8 heteroatoms. The summed E-state index contributed by atoms with van der Waals surface area (Å²) in [5.74, 6) is -1.62. The lowest BCUT2D eigenvalue weighted by molar-refractivity contribution is -0.162. The van der Waals surface area contributed by atoms with Gasteiger partial charge in [-0.3, -0.25) is 0 Å². The van der Waals surface area contributed by atoms with Crippen molar-refractivity contribution >= 4 is 0 Å². The fourth-order valence-electron chi connectivity index (χ4n) is 4.03. The molecule has 2 aromatic rings. The summed E-state index contributed by atoms with van der Waals surface area (Å²) in [6.07, 6.45) is -2.39. The van der Waals surface area contributed by atoms with Crippen molar-refractivity contribution in [2.24, 2.45) is 5.73 Å². The van der Waals surface area contributed by atoms with Gasteiger partial charge in [0.25, 0.3) is 0 Å². The van der Waals surface area contributed by atoms with Gasteiger partial charge in [0, 0.05) is 24.2 Å². The van der Waals surface area contributed by atoms with Crippen molar-refractivity contribution in [3.63, 3.8) is 0 Å². The van der Waals surface area contributed by atoms with Crippen LogP contribution in [0.25, 0.3) is 0 Å². The van der Waals surface area contributed by atoms with Gasteiger partial charge in [-0.1, -0.05) is 6.07 Å². The zero-order valence-electron chi connectivity index (χ0n) is 13.9. The number of imidazole rings is 1. The predicted molar refractivity (Wildman–Crippen MR) is 84.5 cm³/mol. The summed E-state index contributed by atoms with van der Waals surface area (Å²) in [7, 11) is 0. The average Bonchev–Trinajstić information content (AvgIpc) is 3.30. The zero-order chi connectivity index (χ0) is 18.7. The Morgan fingerprint density at radius 1 is 1.12 bits per heavy atom. The van der Waals surface area contributed by atoms with Gasteiger partial charge in [-0.15, -0.1) is 0 Å². The van der Waals surface area contributed by atoms with Crippen LogP contribution in [0.3, 0.4) is 0 Å². The molecule has 0 radical (unpaired) electrons. The van der Waals surface area contributed by atoms with E-state index in [1.807, 2.05) is 0 Å². The van der Waals surface area contributed by atoms with Crippen molar-refractivity contribution in [3.8, 4) is 0 Å². The molecule has 26 heavy (non-hydrogen) atoms. The van der Waals surface area contributed by atoms with E-state index in [2.05, 4.69) is 4.98 Å². The maximum absolute atomic E-state index is 14.2. The van der Waals surface area contributed by atoms with Crippen LogP contribution in [0, 0.1) is 11.6 Å². The Morgan fingerprint density at radius 3 is 2.35 bits per heavy atom. The van der Waals surface area contributed by atoms with Crippen molar-refractivity contribution in [1.29, 1.82) is 0 Å². The van der Waals surface area contributed by atoms with Crippen LogP contribution < -0.4 is 5.73 Å². The summed E-state index contributed by atoms with van der Waals surface area (Å²) >= 11 is 0. The molecule has 140 valence electrons. The van der Waals surface area contributed by atoms with Gasteiger partial charge in [-0.2, -0.15) is 13.2 Å². The first-order valence-electron chi connectivity index (χ1n) is 8.57. The van der Waals surface area contributed by atoms with E-state index in [9.17, 15) is 22.0 Å². The topological polar surface area (TPSA) is 43.8 Å². The van der Waals surface area contributed by atoms with E-state index < -0.39 is 35.2 Å². The maximum atomic E-state index is 14.2. The molecule has 4 rings (SSSR count). The van der Waals surface area contributed by atoms with Gasteiger partial charge in [-0.25, -0.2) is 13.8 Å². The summed E-state index contributed by atoms with van der Waals surface area (Å²) < 4.78 is 70.7. The molecule has 0 amide bonds. The molecule has 3 nitrogen and oxygen atoms in total. The number of hydrogen-bond acceptors (Lipinski definition) is 2. The smallest absolute Gasteiger partial charge is 0.329 e. The molecular weight excluding hydrogens is 353 g/mol. The molecular formula is C18H18F5N3. The van der Waals surface area contributed by atoms with Crippen molar-refractivity contribution in [3.05, 3.63) is 53.1 Å². The SMILES string of the molecule is N[C@@H]1CC[C@@H](c2c(F)cccc2F)Cn2c(C3(C(F)(F)F)CC3)cnc21. The van der Waals surface area contributed by atoms with E-state index in [1.165, 1.54) is 16.8 Å². The maximum Gasteiger partial charge on any atom is 0.399 e. The monoisotopic (exact) mass is 371 g/mol. The quantitative estimate of drug-likeness (QED) is 0.799. The Hall–Kier alpha value is -1.96. The van der Waals surface area contributed by atoms with Gasteiger partial charge < -0.3 is 10.3 Å². The highest BCUT2D eigenvalue weighted by Crippen LogP contribution is 2.59.